The molecule has 138 valence electrons. The van der Waals surface area contributed by atoms with E-state index in [0.717, 1.165) is 4.90 Å². The summed E-state index contributed by atoms with van der Waals surface area (Å²) in [5.41, 5.74) is 0.897. The SMILES string of the molecule is C[C@H](Sc1ccccc1)C(=O)Nc1ccccc1C(=O)NCc1ccco1. The monoisotopic (exact) mass is 380 g/mol. The fourth-order valence-corrected chi connectivity index (χ4v) is 3.35. The maximum atomic E-state index is 12.6. The molecule has 0 unspecified atom stereocenters. The highest BCUT2D eigenvalue weighted by Gasteiger charge is 2.18. The number of furan rings is 1. The lowest BCUT2D eigenvalue weighted by molar-refractivity contribution is -0.115. The molecule has 0 aliphatic carbocycles. The average Bonchev–Trinajstić information content (AvgIpc) is 3.21. The van der Waals surface area contributed by atoms with Gasteiger partial charge in [0.15, 0.2) is 0 Å². The molecule has 0 bridgehead atoms. The van der Waals surface area contributed by atoms with E-state index in [1.807, 2.05) is 37.3 Å². The summed E-state index contributed by atoms with van der Waals surface area (Å²) in [6, 6.07) is 20.2. The Balaban J connectivity index is 1.64. The summed E-state index contributed by atoms with van der Waals surface area (Å²) >= 11 is 1.47. The summed E-state index contributed by atoms with van der Waals surface area (Å²) in [4.78, 5) is 26.1. The van der Waals surface area contributed by atoms with Gasteiger partial charge in [0.1, 0.15) is 5.76 Å². The molecule has 0 spiro atoms. The molecular weight excluding hydrogens is 360 g/mol. The zero-order valence-electron chi connectivity index (χ0n) is 14.8. The van der Waals surface area contributed by atoms with Crippen LogP contribution in [0.3, 0.4) is 0 Å². The lowest BCUT2D eigenvalue weighted by Gasteiger charge is -2.14. The zero-order valence-corrected chi connectivity index (χ0v) is 15.7. The highest BCUT2D eigenvalue weighted by molar-refractivity contribution is 8.00. The van der Waals surface area contributed by atoms with Crippen molar-refractivity contribution >= 4 is 29.3 Å². The number of anilines is 1. The molecule has 1 heterocycles. The number of hydrogen-bond acceptors (Lipinski definition) is 4. The Morgan fingerprint density at radius 3 is 2.48 bits per heavy atom. The third kappa shape index (κ3) is 5.24. The Labute approximate surface area is 162 Å². The lowest BCUT2D eigenvalue weighted by Crippen LogP contribution is -2.27. The van der Waals surface area contributed by atoms with Crippen molar-refractivity contribution in [3.05, 3.63) is 84.3 Å². The number of nitrogens with one attached hydrogen (secondary N) is 2. The molecular formula is C21H20N2O3S. The van der Waals surface area contributed by atoms with Crippen molar-refractivity contribution in [3.8, 4) is 0 Å². The van der Waals surface area contributed by atoms with E-state index in [9.17, 15) is 9.59 Å². The van der Waals surface area contributed by atoms with Crippen molar-refractivity contribution in [2.75, 3.05) is 5.32 Å². The third-order valence-electron chi connectivity index (χ3n) is 3.86. The van der Waals surface area contributed by atoms with Gasteiger partial charge in [0.05, 0.1) is 29.3 Å². The molecule has 27 heavy (non-hydrogen) atoms. The number of rotatable bonds is 7. The number of carbonyl (C=O) groups is 2. The second kappa shape index (κ2) is 9.09. The van der Waals surface area contributed by atoms with Crippen LogP contribution in [0.15, 0.2) is 82.3 Å². The quantitative estimate of drug-likeness (QED) is 0.599. The molecule has 2 N–H and O–H groups in total. The molecule has 2 amide bonds. The summed E-state index contributed by atoms with van der Waals surface area (Å²) in [5, 5.41) is 5.36. The number of thioether (sulfide) groups is 1. The number of amides is 2. The fraction of sp³-hybridized carbons (Fsp3) is 0.143. The van der Waals surface area contributed by atoms with Gasteiger partial charge in [-0.3, -0.25) is 9.59 Å². The molecule has 0 aliphatic heterocycles. The predicted octanol–water partition coefficient (Wildman–Crippen LogP) is 4.33. The first-order valence-electron chi connectivity index (χ1n) is 8.55. The Morgan fingerprint density at radius 1 is 1.00 bits per heavy atom. The number of hydrogen-bond donors (Lipinski definition) is 2. The Morgan fingerprint density at radius 2 is 1.74 bits per heavy atom. The van der Waals surface area contributed by atoms with Gasteiger partial charge in [-0.25, -0.2) is 0 Å². The molecule has 6 heteroatoms. The van der Waals surface area contributed by atoms with Gasteiger partial charge in [-0.1, -0.05) is 30.3 Å². The van der Waals surface area contributed by atoms with Crippen LogP contribution in [0.5, 0.6) is 0 Å². The van der Waals surface area contributed by atoms with E-state index in [1.54, 1.807) is 42.7 Å². The van der Waals surface area contributed by atoms with Crippen LogP contribution in [-0.4, -0.2) is 17.1 Å². The van der Waals surface area contributed by atoms with E-state index in [4.69, 9.17) is 4.42 Å². The van der Waals surface area contributed by atoms with Crippen LogP contribution in [0.25, 0.3) is 0 Å². The van der Waals surface area contributed by atoms with Gasteiger partial charge in [0.2, 0.25) is 5.91 Å². The van der Waals surface area contributed by atoms with Crippen molar-refractivity contribution in [3.63, 3.8) is 0 Å². The van der Waals surface area contributed by atoms with Gasteiger partial charge < -0.3 is 15.1 Å². The first-order valence-corrected chi connectivity index (χ1v) is 9.43. The molecule has 1 aromatic heterocycles. The maximum Gasteiger partial charge on any atom is 0.253 e. The standard InChI is InChI=1S/C21H20N2O3S/c1-15(27-17-9-3-2-4-10-17)20(24)23-19-12-6-5-11-18(19)21(25)22-14-16-8-7-13-26-16/h2-13,15H,14H2,1H3,(H,22,25)(H,23,24)/t15-/m0/s1. The summed E-state index contributed by atoms with van der Waals surface area (Å²) in [7, 11) is 0. The van der Waals surface area contributed by atoms with Gasteiger partial charge in [-0.05, 0) is 43.3 Å². The molecule has 3 aromatic rings. The van der Waals surface area contributed by atoms with E-state index >= 15 is 0 Å². The second-order valence-electron chi connectivity index (χ2n) is 5.87. The predicted molar refractivity (Wildman–Crippen MR) is 107 cm³/mol. The highest BCUT2D eigenvalue weighted by Crippen LogP contribution is 2.24. The molecule has 3 rings (SSSR count). The molecule has 5 nitrogen and oxygen atoms in total. The Bertz CT molecular complexity index is 895. The molecule has 0 aliphatic rings. The van der Waals surface area contributed by atoms with Crippen molar-refractivity contribution in [2.45, 2.75) is 23.6 Å². The highest BCUT2D eigenvalue weighted by atomic mass is 32.2. The van der Waals surface area contributed by atoms with E-state index < -0.39 is 0 Å². The van der Waals surface area contributed by atoms with Crippen LogP contribution in [0, 0.1) is 0 Å². The smallest absolute Gasteiger partial charge is 0.253 e. The largest absolute Gasteiger partial charge is 0.467 e. The van der Waals surface area contributed by atoms with Gasteiger partial charge in [-0.15, -0.1) is 11.8 Å². The van der Waals surface area contributed by atoms with Crippen molar-refractivity contribution in [1.29, 1.82) is 0 Å². The minimum atomic E-state index is -0.299. The summed E-state index contributed by atoms with van der Waals surface area (Å²) in [6.07, 6.45) is 1.56. The van der Waals surface area contributed by atoms with Crippen LogP contribution in [0.1, 0.15) is 23.0 Å². The first kappa shape index (κ1) is 18.8. The minimum absolute atomic E-state index is 0.157. The number of para-hydroxylation sites is 1. The van der Waals surface area contributed by atoms with Crippen LogP contribution < -0.4 is 10.6 Å². The normalized spacial score (nSPS) is 11.6. The van der Waals surface area contributed by atoms with Gasteiger partial charge in [-0.2, -0.15) is 0 Å². The summed E-state index contributed by atoms with van der Waals surface area (Å²) < 4.78 is 5.22. The Kier molecular flexibility index (Phi) is 6.33. The Hall–Kier alpha value is -2.99. The summed E-state index contributed by atoms with van der Waals surface area (Å²) in [6.45, 7) is 2.13. The van der Waals surface area contributed by atoms with Gasteiger partial charge in [0.25, 0.3) is 5.91 Å². The van der Waals surface area contributed by atoms with Crippen molar-refractivity contribution < 1.29 is 14.0 Å². The van der Waals surface area contributed by atoms with E-state index in [-0.39, 0.29) is 23.6 Å². The van der Waals surface area contributed by atoms with E-state index in [2.05, 4.69) is 10.6 Å². The van der Waals surface area contributed by atoms with Crippen LogP contribution in [0.4, 0.5) is 5.69 Å². The number of carbonyl (C=O) groups excluding carboxylic acids is 2. The zero-order chi connectivity index (χ0) is 19.1. The maximum absolute atomic E-state index is 12.6. The van der Waals surface area contributed by atoms with E-state index in [1.165, 1.54) is 11.8 Å². The van der Waals surface area contributed by atoms with Crippen LogP contribution in [0.2, 0.25) is 0 Å². The number of benzene rings is 2. The molecule has 2 aromatic carbocycles. The van der Waals surface area contributed by atoms with Gasteiger partial charge in [0, 0.05) is 4.90 Å². The van der Waals surface area contributed by atoms with Crippen molar-refractivity contribution in [2.24, 2.45) is 0 Å². The second-order valence-corrected chi connectivity index (χ2v) is 7.28. The molecule has 0 fully saturated rings. The third-order valence-corrected chi connectivity index (χ3v) is 4.97. The van der Waals surface area contributed by atoms with Crippen molar-refractivity contribution in [1.82, 2.24) is 5.32 Å². The van der Waals surface area contributed by atoms with Crippen LogP contribution >= 0.6 is 11.8 Å². The average molecular weight is 380 g/mol. The molecule has 0 saturated heterocycles. The lowest BCUT2D eigenvalue weighted by atomic mass is 10.1. The topological polar surface area (TPSA) is 71.3 Å². The van der Waals surface area contributed by atoms with E-state index in [0.29, 0.717) is 17.0 Å². The fourth-order valence-electron chi connectivity index (χ4n) is 2.46. The van der Waals surface area contributed by atoms with Gasteiger partial charge >= 0.3 is 0 Å². The first-order chi connectivity index (χ1) is 13.1. The molecule has 1 atom stereocenters. The molecule has 0 radical (unpaired) electrons. The summed E-state index contributed by atoms with van der Waals surface area (Å²) in [5.74, 6) is 0.235. The van der Waals surface area contributed by atoms with Crippen LogP contribution in [-0.2, 0) is 11.3 Å². The molecule has 0 saturated carbocycles. The minimum Gasteiger partial charge on any atom is -0.467 e.